The molecule has 4 rings (SSSR count). The first-order chi connectivity index (χ1) is 16.5. The summed E-state index contributed by atoms with van der Waals surface area (Å²) in [6, 6.07) is 6.50. The lowest BCUT2D eigenvalue weighted by Gasteiger charge is -2.12. The highest BCUT2D eigenvalue weighted by Gasteiger charge is 2.19. The summed E-state index contributed by atoms with van der Waals surface area (Å²) < 4.78 is 42.9. The van der Waals surface area contributed by atoms with Gasteiger partial charge in [-0.2, -0.15) is 0 Å². The highest BCUT2D eigenvalue weighted by atomic mass is 35.5. The lowest BCUT2D eigenvalue weighted by molar-refractivity contribution is 0.210. The van der Waals surface area contributed by atoms with Gasteiger partial charge in [0.2, 0.25) is 11.8 Å². The summed E-state index contributed by atoms with van der Waals surface area (Å²) in [4.78, 5) is 17.1. The number of benzene rings is 1. The molecule has 176 valence electrons. The number of aromatic nitrogens is 4. The first kappa shape index (κ1) is 23.9. The molecule has 0 unspecified atom stereocenters. The van der Waals surface area contributed by atoms with Crippen molar-refractivity contribution in [3.8, 4) is 17.0 Å². The molecule has 0 aliphatic carbocycles. The SMILES string of the molecule is COCCNc1ncc2cc(-c3c(F)cnc(NSc4cc(Cl)cnc4OC)c3F)ccc2n1. The monoisotopic (exact) mass is 504 g/mol. The maximum absolute atomic E-state index is 15.3. The number of ether oxygens (including phenoxy) is 2. The Hall–Kier alpha value is -3.28. The zero-order valence-corrected chi connectivity index (χ0v) is 19.7. The fraction of sp³-hybridized carbons (Fsp3) is 0.182. The molecule has 34 heavy (non-hydrogen) atoms. The van der Waals surface area contributed by atoms with Crippen molar-refractivity contribution in [1.82, 2.24) is 19.9 Å². The number of nitrogens with one attached hydrogen (secondary N) is 2. The van der Waals surface area contributed by atoms with Crippen LogP contribution in [0.2, 0.25) is 5.02 Å². The topological polar surface area (TPSA) is 94.1 Å². The molecular weight excluding hydrogens is 486 g/mol. The zero-order valence-electron chi connectivity index (χ0n) is 18.1. The summed E-state index contributed by atoms with van der Waals surface area (Å²) in [5.41, 5.74) is 0.727. The van der Waals surface area contributed by atoms with Gasteiger partial charge in [0.25, 0.3) is 0 Å². The highest BCUT2D eigenvalue weighted by molar-refractivity contribution is 8.00. The van der Waals surface area contributed by atoms with Crippen molar-refractivity contribution in [2.24, 2.45) is 0 Å². The van der Waals surface area contributed by atoms with Crippen LogP contribution in [0.5, 0.6) is 5.88 Å². The molecule has 3 aromatic heterocycles. The normalized spacial score (nSPS) is 11.0. The minimum atomic E-state index is -0.848. The van der Waals surface area contributed by atoms with E-state index in [1.165, 1.54) is 13.3 Å². The van der Waals surface area contributed by atoms with Crippen molar-refractivity contribution >= 4 is 46.2 Å². The molecule has 0 amide bonds. The van der Waals surface area contributed by atoms with Gasteiger partial charge >= 0.3 is 0 Å². The predicted octanol–water partition coefficient (Wildman–Crippen LogP) is 5.20. The molecule has 12 heteroatoms. The van der Waals surface area contributed by atoms with Crippen LogP contribution in [0.3, 0.4) is 0 Å². The van der Waals surface area contributed by atoms with Gasteiger partial charge in [0.1, 0.15) is 0 Å². The fourth-order valence-electron chi connectivity index (χ4n) is 3.08. The lowest BCUT2D eigenvalue weighted by Crippen LogP contribution is -2.10. The molecule has 0 spiro atoms. The average Bonchev–Trinajstić information content (AvgIpc) is 2.84. The molecule has 0 bridgehead atoms. The van der Waals surface area contributed by atoms with Gasteiger partial charge in [0, 0.05) is 31.4 Å². The van der Waals surface area contributed by atoms with Crippen LogP contribution in [0.25, 0.3) is 22.0 Å². The minimum absolute atomic E-state index is 0.155. The highest BCUT2D eigenvalue weighted by Crippen LogP contribution is 2.34. The molecule has 4 aromatic rings. The van der Waals surface area contributed by atoms with Crippen LogP contribution in [0, 0.1) is 11.6 Å². The van der Waals surface area contributed by atoms with Crippen molar-refractivity contribution in [3.63, 3.8) is 0 Å². The third kappa shape index (κ3) is 5.27. The summed E-state index contributed by atoms with van der Waals surface area (Å²) in [5, 5.41) is 4.05. The molecule has 2 N–H and O–H groups in total. The van der Waals surface area contributed by atoms with E-state index in [0.29, 0.717) is 51.4 Å². The Kier molecular flexibility index (Phi) is 7.56. The zero-order chi connectivity index (χ0) is 24.1. The molecule has 1 aromatic carbocycles. The second-order valence-electron chi connectivity index (χ2n) is 6.90. The number of methoxy groups -OCH3 is 2. The van der Waals surface area contributed by atoms with Gasteiger partial charge in [-0.15, -0.1) is 0 Å². The Balaban J connectivity index is 1.61. The smallest absolute Gasteiger partial charge is 0.228 e. The largest absolute Gasteiger partial charge is 0.480 e. The first-order valence-electron chi connectivity index (χ1n) is 9.96. The Morgan fingerprint density at radius 1 is 1.06 bits per heavy atom. The lowest BCUT2D eigenvalue weighted by atomic mass is 10.0. The molecule has 0 aliphatic heterocycles. The summed E-state index contributed by atoms with van der Waals surface area (Å²) in [7, 11) is 3.06. The van der Waals surface area contributed by atoms with E-state index in [4.69, 9.17) is 21.1 Å². The summed E-state index contributed by atoms with van der Waals surface area (Å²) in [6.45, 7) is 1.06. The summed E-state index contributed by atoms with van der Waals surface area (Å²) >= 11 is 6.98. The van der Waals surface area contributed by atoms with Crippen LogP contribution >= 0.6 is 23.5 Å². The van der Waals surface area contributed by atoms with Gasteiger partial charge in [-0.25, -0.2) is 28.7 Å². The molecular formula is C22H19ClF2N6O2S. The Morgan fingerprint density at radius 2 is 1.91 bits per heavy atom. The van der Waals surface area contributed by atoms with Gasteiger partial charge in [0.15, 0.2) is 17.5 Å². The van der Waals surface area contributed by atoms with Gasteiger partial charge in [0.05, 0.1) is 40.9 Å². The summed E-state index contributed by atoms with van der Waals surface area (Å²) in [6.07, 6.45) is 3.98. The van der Waals surface area contributed by atoms with Gasteiger partial charge in [-0.05, 0) is 35.7 Å². The van der Waals surface area contributed by atoms with Crippen LogP contribution < -0.4 is 14.8 Å². The standard InChI is InChI=1S/C22H19ClF2N6O2S/c1-32-6-5-26-22-29-9-13-7-12(3-4-16(13)30-22)18-15(24)11-27-20(19(18)25)31-34-17-8-14(23)10-28-21(17)33-2/h3-4,7-11H,5-6H2,1-2H3,(H,27,31)(H,26,29,30). The van der Waals surface area contributed by atoms with Crippen molar-refractivity contribution in [2.75, 3.05) is 37.4 Å². The Bertz CT molecular complexity index is 1330. The Morgan fingerprint density at radius 3 is 2.71 bits per heavy atom. The molecule has 0 saturated heterocycles. The van der Waals surface area contributed by atoms with E-state index in [-0.39, 0.29) is 11.4 Å². The van der Waals surface area contributed by atoms with Crippen LogP contribution in [0.1, 0.15) is 0 Å². The number of pyridine rings is 2. The van der Waals surface area contributed by atoms with Gasteiger partial charge < -0.3 is 19.5 Å². The number of hydrogen-bond acceptors (Lipinski definition) is 9. The number of fused-ring (bicyclic) bond motifs is 1. The molecule has 0 radical (unpaired) electrons. The molecule has 3 heterocycles. The third-order valence-corrected chi connectivity index (χ3v) is 5.68. The van der Waals surface area contributed by atoms with Crippen LogP contribution in [-0.4, -0.2) is 47.3 Å². The number of anilines is 2. The van der Waals surface area contributed by atoms with Gasteiger partial charge in [-0.3, -0.25) is 0 Å². The van der Waals surface area contributed by atoms with E-state index < -0.39 is 11.6 Å². The predicted molar refractivity (Wildman–Crippen MR) is 128 cm³/mol. The first-order valence-corrected chi connectivity index (χ1v) is 11.2. The van der Waals surface area contributed by atoms with E-state index >= 15 is 4.39 Å². The van der Waals surface area contributed by atoms with Gasteiger partial charge in [-0.1, -0.05) is 17.7 Å². The minimum Gasteiger partial charge on any atom is -0.480 e. The van der Waals surface area contributed by atoms with E-state index in [0.717, 1.165) is 18.1 Å². The average molecular weight is 505 g/mol. The summed E-state index contributed by atoms with van der Waals surface area (Å²) in [5.74, 6) is -1.06. The van der Waals surface area contributed by atoms with E-state index in [1.807, 2.05) is 0 Å². The van der Waals surface area contributed by atoms with E-state index in [1.54, 1.807) is 37.6 Å². The maximum Gasteiger partial charge on any atom is 0.228 e. The fourth-order valence-corrected chi connectivity index (χ4v) is 4.06. The molecule has 0 atom stereocenters. The van der Waals surface area contributed by atoms with Crippen molar-refractivity contribution < 1.29 is 18.3 Å². The van der Waals surface area contributed by atoms with Crippen molar-refractivity contribution in [3.05, 3.63) is 59.5 Å². The molecule has 0 aliphatic rings. The molecule has 0 fully saturated rings. The second kappa shape index (κ2) is 10.8. The second-order valence-corrected chi connectivity index (χ2v) is 8.18. The third-order valence-electron chi connectivity index (χ3n) is 4.67. The number of hydrogen-bond donors (Lipinski definition) is 2. The molecule has 0 saturated carbocycles. The van der Waals surface area contributed by atoms with E-state index in [2.05, 4.69) is 30.0 Å². The van der Waals surface area contributed by atoms with E-state index in [9.17, 15) is 4.39 Å². The van der Waals surface area contributed by atoms with Crippen LogP contribution in [0.4, 0.5) is 20.5 Å². The van der Waals surface area contributed by atoms with Crippen LogP contribution in [0.15, 0.2) is 47.8 Å². The Labute approximate surface area is 203 Å². The number of nitrogens with zero attached hydrogens (tertiary/aromatic N) is 4. The number of rotatable bonds is 9. The van der Waals surface area contributed by atoms with Crippen molar-refractivity contribution in [2.45, 2.75) is 4.90 Å². The molecule has 8 nitrogen and oxygen atoms in total. The van der Waals surface area contributed by atoms with Crippen LogP contribution in [-0.2, 0) is 4.74 Å². The number of halogens is 3. The maximum atomic E-state index is 15.3. The van der Waals surface area contributed by atoms with Crippen molar-refractivity contribution in [1.29, 1.82) is 0 Å². The quantitative estimate of drug-likeness (QED) is 0.235.